The number of benzene rings is 1. The van der Waals surface area contributed by atoms with E-state index in [2.05, 4.69) is 0 Å². The Labute approximate surface area is 93.4 Å². The van der Waals surface area contributed by atoms with Crippen LogP contribution in [0, 0.1) is 10.1 Å². The molecule has 1 unspecified atom stereocenters. The molecule has 0 aromatic heterocycles. The van der Waals surface area contributed by atoms with Gasteiger partial charge in [0.05, 0.1) is 6.42 Å². The number of hydrogen-bond donors (Lipinski definition) is 1. The van der Waals surface area contributed by atoms with Crippen LogP contribution in [0.15, 0.2) is 24.3 Å². The van der Waals surface area contributed by atoms with E-state index in [4.69, 9.17) is 5.73 Å². The summed E-state index contributed by atoms with van der Waals surface area (Å²) in [6.45, 7) is 1.77. The van der Waals surface area contributed by atoms with Gasteiger partial charge in [0.15, 0.2) is 0 Å². The molecule has 0 spiro atoms. The Morgan fingerprint density at radius 2 is 2.00 bits per heavy atom. The predicted octanol–water partition coefficient (Wildman–Crippen LogP) is 1.44. The fraction of sp³-hybridized carbons (Fsp3) is 0.364. The minimum absolute atomic E-state index is 0.162. The van der Waals surface area contributed by atoms with Crippen molar-refractivity contribution < 1.29 is 9.72 Å². The molecule has 0 aliphatic heterocycles. The van der Waals surface area contributed by atoms with Gasteiger partial charge in [-0.1, -0.05) is 31.2 Å². The van der Waals surface area contributed by atoms with Crippen LogP contribution in [0.3, 0.4) is 0 Å². The second-order valence-corrected chi connectivity index (χ2v) is 3.59. The molecule has 0 radical (unpaired) electrons. The third kappa shape index (κ3) is 3.05. The molecule has 1 rings (SSSR count). The normalized spacial score (nSPS) is 12.1. The number of nitrogens with two attached hydrogens (primary N) is 1. The SMILES string of the molecule is CCC(c1ccc(CC(N)=O)cc1)[N+](=O)[O-]. The highest BCUT2D eigenvalue weighted by Gasteiger charge is 2.19. The van der Waals surface area contributed by atoms with Crippen LogP contribution in [0.25, 0.3) is 0 Å². The van der Waals surface area contributed by atoms with Crippen molar-refractivity contribution in [3.8, 4) is 0 Å². The third-order valence-corrected chi connectivity index (χ3v) is 2.38. The molecule has 0 saturated carbocycles. The van der Waals surface area contributed by atoms with Gasteiger partial charge in [0.2, 0.25) is 11.9 Å². The molecule has 0 fully saturated rings. The Hall–Kier alpha value is -1.91. The van der Waals surface area contributed by atoms with E-state index in [1.807, 2.05) is 0 Å². The van der Waals surface area contributed by atoms with E-state index in [0.29, 0.717) is 12.0 Å². The molecule has 5 heteroatoms. The van der Waals surface area contributed by atoms with Crippen molar-refractivity contribution in [3.63, 3.8) is 0 Å². The van der Waals surface area contributed by atoms with Gasteiger partial charge >= 0.3 is 0 Å². The van der Waals surface area contributed by atoms with Gasteiger partial charge in [-0.25, -0.2) is 0 Å². The van der Waals surface area contributed by atoms with Crippen LogP contribution in [0.4, 0.5) is 0 Å². The van der Waals surface area contributed by atoms with Gasteiger partial charge in [-0.2, -0.15) is 0 Å². The number of rotatable bonds is 5. The molecule has 0 aliphatic rings. The van der Waals surface area contributed by atoms with Gasteiger partial charge < -0.3 is 5.73 Å². The molecule has 16 heavy (non-hydrogen) atoms. The Morgan fingerprint density at radius 1 is 1.44 bits per heavy atom. The monoisotopic (exact) mass is 222 g/mol. The van der Waals surface area contributed by atoms with E-state index < -0.39 is 11.9 Å². The number of nitro groups is 1. The first-order valence-corrected chi connectivity index (χ1v) is 5.05. The lowest BCUT2D eigenvalue weighted by Crippen LogP contribution is -2.14. The van der Waals surface area contributed by atoms with Crippen LogP contribution in [0.2, 0.25) is 0 Å². The van der Waals surface area contributed by atoms with Gasteiger partial charge in [0, 0.05) is 16.9 Å². The standard InChI is InChI=1S/C11H14N2O3/c1-2-10(13(15)16)9-5-3-8(4-6-9)7-11(12)14/h3-6,10H,2,7H2,1H3,(H2,12,14). The first-order chi connectivity index (χ1) is 7.54. The molecule has 5 nitrogen and oxygen atoms in total. The Morgan fingerprint density at radius 3 is 2.38 bits per heavy atom. The number of primary amides is 1. The third-order valence-electron chi connectivity index (χ3n) is 2.38. The maximum absolute atomic E-state index is 10.7. The van der Waals surface area contributed by atoms with Gasteiger partial charge in [0.1, 0.15) is 0 Å². The van der Waals surface area contributed by atoms with E-state index in [1.165, 1.54) is 0 Å². The first kappa shape index (κ1) is 12.2. The molecule has 1 atom stereocenters. The number of hydrogen-bond acceptors (Lipinski definition) is 3. The van der Waals surface area contributed by atoms with Crippen LogP contribution in [0.1, 0.15) is 30.5 Å². The number of carbonyl (C=O) groups is 1. The predicted molar refractivity (Wildman–Crippen MR) is 59.4 cm³/mol. The van der Waals surface area contributed by atoms with Crippen molar-refractivity contribution in [2.24, 2.45) is 5.73 Å². The van der Waals surface area contributed by atoms with Crippen molar-refractivity contribution >= 4 is 5.91 Å². The van der Waals surface area contributed by atoms with Crippen molar-refractivity contribution in [1.82, 2.24) is 0 Å². The lowest BCUT2D eigenvalue weighted by molar-refractivity contribution is -0.529. The van der Waals surface area contributed by atoms with Crippen LogP contribution in [-0.2, 0) is 11.2 Å². The fourth-order valence-electron chi connectivity index (χ4n) is 1.57. The topological polar surface area (TPSA) is 86.2 Å². The second-order valence-electron chi connectivity index (χ2n) is 3.59. The highest BCUT2D eigenvalue weighted by molar-refractivity contribution is 5.76. The minimum atomic E-state index is -0.678. The molecule has 1 amide bonds. The molecular weight excluding hydrogens is 208 g/mol. The van der Waals surface area contributed by atoms with E-state index in [9.17, 15) is 14.9 Å². The quantitative estimate of drug-likeness (QED) is 0.604. The number of nitrogens with zero attached hydrogens (tertiary/aromatic N) is 1. The Bertz CT molecular complexity index is 387. The maximum atomic E-state index is 10.7. The summed E-state index contributed by atoms with van der Waals surface area (Å²) < 4.78 is 0. The minimum Gasteiger partial charge on any atom is -0.369 e. The molecule has 0 heterocycles. The van der Waals surface area contributed by atoms with Gasteiger partial charge in [-0.15, -0.1) is 0 Å². The molecule has 1 aromatic carbocycles. The summed E-state index contributed by atoms with van der Waals surface area (Å²) in [6.07, 6.45) is 0.609. The second kappa shape index (κ2) is 5.25. The summed E-state index contributed by atoms with van der Waals surface area (Å²) in [6, 6.07) is 6.07. The molecule has 86 valence electrons. The van der Waals surface area contributed by atoms with Crippen molar-refractivity contribution in [2.75, 3.05) is 0 Å². The molecule has 2 N–H and O–H groups in total. The zero-order valence-corrected chi connectivity index (χ0v) is 9.05. The fourth-order valence-corrected chi connectivity index (χ4v) is 1.57. The molecule has 1 aromatic rings. The summed E-state index contributed by atoms with van der Waals surface area (Å²) in [5.74, 6) is -0.408. The van der Waals surface area contributed by atoms with Crippen LogP contribution in [-0.4, -0.2) is 10.8 Å². The van der Waals surface area contributed by atoms with E-state index in [1.54, 1.807) is 31.2 Å². The molecule has 0 bridgehead atoms. The number of amides is 1. The Balaban J connectivity index is 2.85. The lowest BCUT2D eigenvalue weighted by Gasteiger charge is -2.07. The number of carbonyl (C=O) groups excluding carboxylic acids is 1. The maximum Gasteiger partial charge on any atom is 0.237 e. The summed E-state index contributed by atoms with van der Waals surface area (Å²) in [7, 11) is 0. The van der Waals surface area contributed by atoms with Gasteiger partial charge in [0.25, 0.3) is 0 Å². The van der Waals surface area contributed by atoms with Crippen molar-refractivity contribution in [1.29, 1.82) is 0 Å². The highest BCUT2D eigenvalue weighted by atomic mass is 16.6. The van der Waals surface area contributed by atoms with E-state index in [-0.39, 0.29) is 11.3 Å². The average Bonchev–Trinajstić information content (AvgIpc) is 2.20. The largest absolute Gasteiger partial charge is 0.369 e. The lowest BCUT2D eigenvalue weighted by atomic mass is 10.0. The molecule has 0 saturated heterocycles. The zero-order valence-electron chi connectivity index (χ0n) is 9.05. The van der Waals surface area contributed by atoms with Gasteiger partial charge in [-0.05, 0) is 5.56 Å². The van der Waals surface area contributed by atoms with Crippen LogP contribution < -0.4 is 5.73 Å². The van der Waals surface area contributed by atoms with Crippen molar-refractivity contribution in [2.45, 2.75) is 25.8 Å². The first-order valence-electron chi connectivity index (χ1n) is 5.05. The summed E-state index contributed by atoms with van der Waals surface area (Å²) in [5, 5.41) is 10.7. The Kier molecular flexibility index (Phi) is 3.99. The van der Waals surface area contributed by atoms with Crippen LogP contribution >= 0.6 is 0 Å². The molecular formula is C11H14N2O3. The molecule has 0 aliphatic carbocycles. The summed E-state index contributed by atoms with van der Waals surface area (Å²) in [5.41, 5.74) is 6.48. The van der Waals surface area contributed by atoms with E-state index >= 15 is 0 Å². The summed E-state index contributed by atoms with van der Waals surface area (Å²) >= 11 is 0. The smallest absolute Gasteiger partial charge is 0.237 e. The van der Waals surface area contributed by atoms with Crippen molar-refractivity contribution in [3.05, 3.63) is 45.5 Å². The van der Waals surface area contributed by atoms with Gasteiger partial charge in [-0.3, -0.25) is 14.9 Å². The van der Waals surface area contributed by atoms with E-state index in [0.717, 1.165) is 5.56 Å². The zero-order chi connectivity index (χ0) is 12.1. The van der Waals surface area contributed by atoms with Crippen LogP contribution in [0.5, 0.6) is 0 Å². The average molecular weight is 222 g/mol. The highest BCUT2D eigenvalue weighted by Crippen LogP contribution is 2.20. The summed E-state index contributed by atoms with van der Waals surface area (Å²) in [4.78, 5) is 21.1.